The Morgan fingerprint density at radius 2 is 2.25 bits per heavy atom. The average molecular weight is 342 g/mol. The van der Waals surface area contributed by atoms with Gasteiger partial charge in [0.15, 0.2) is 0 Å². The molecule has 1 atom stereocenters. The number of anilines is 1. The first-order chi connectivity index (χ1) is 11.6. The molecule has 7 heteroatoms. The normalized spacial score (nSPS) is 17.4. The molecule has 1 aliphatic heterocycles. The molecule has 0 aliphatic carbocycles. The van der Waals surface area contributed by atoms with Crippen molar-refractivity contribution in [3.63, 3.8) is 0 Å². The molecule has 2 amide bonds. The van der Waals surface area contributed by atoms with E-state index in [2.05, 4.69) is 15.3 Å². The molecule has 3 heterocycles. The fourth-order valence-corrected chi connectivity index (χ4v) is 3.40. The molecule has 0 radical (unpaired) electrons. The molecular formula is C17H18N4O2S. The summed E-state index contributed by atoms with van der Waals surface area (Å²) >= 11 is 1.64. The second kappa shape index (κ2) is 7.35. The molecule has 1 saturated heterocycles. The van der Waals surface area contributed by atoms with Crippen molar-refractivity contribution in [2.75, 3.05) is 18.4 Å². The summed E-state index contributed by atoms with van der Waals surface area (Å²) < 4.78 is 0. The van der Waals surface area contributed by atoms with Crippen LogP contribution in [-0.2, 0) is 9.59 Å². The van der Waals surface area contributed by atoms with Gasteiger partial charge in [0, 0.05) is 49.8 Å². The summed E-state index contributed by atoms with van der Waals surface area (Å²) in [5.41, 5.74) is 0.813. The van der Waals surface area contributed by atoms with Crippen LogP contribution < -0.4 is 5.32 Å². The van der Waals surface area contributed by atoms with Crippen LogP contribution in [0.1, 0.15) is 29.8 Å². The van der Waals surface area contributed by atoms with Gasteiger partial charge in [0.25, 0.3) is 0 Å². The van der Waals surface area contributed by atoms with Gasteiger partial charge >= 0.3 is 0 Å². The second-order valence-electron chi connectivity index (χ2n) is 5.63. The quantitative estimate of drug-likeness (QED) is 0.867. The topological polar surface area (TPSA) is 75.2 Å². The predicted octanol–water partition coefficient (Wildman–Crippen LogP) is 2.53. The Bertz CT molecular complexity index is 740. The molecule has 1 aliphatic rings. The van der Waals surface area contributed by atoms with Gasteiger partial charge in [-0.2, -0.15) is 0 Å². The van der Waals surface area contributed by atoms with Crippen molar-refractivity contribution in [2.24, 2.45) is 0 Å². The molecule has 3 rings (SSSR count). The van der Waals surface area contributed by atoms with Crippen molar-refractivity contribution in [1.29, 1.82) is 0 Å². The molecule has 0 aromatic carbocycles. The number of likely N-dealkylation sites (tertiary alicyclic amines) is 1. The van der Waals surface area contributed by atoms with E-state index >= 15 is 0 Å². The van der Waals surface area contributed by atoms with E-state index in [9.17, 15) is 9.59 Å². The summed E-state index contributed by atoms with van der Waals surface area (Å²) in [5, 5.41) is 5.68. The molecule has 0 bridgehead atoms. The van der Waals surface area contributed by atoms with E-state index in [1.807, 2.05) is 22.5 Å². The van der Waals surface area contributed by atoms with Gasteiger partial charge in [-0.25, -0.2) is 9.97 Å². The average Bonchev–Trinajstić information content (AvgIpc) is 3.24. The number of nitrogens with zero attached hydrogens (tertiary/aromatic N) is 3. The molecule has 6 nitrogen and oxygen atoms in total. The first-order valence-electron chi connectivity index (χ1n) is 7.72. The maximum atomic E-state index is 12.3. The van der Waals surface area contributed by atoms with Crippen LogP contribution in [0.4, 0.5) is 5.82 Å². The Labute approximate surface area is 144 Å². The third kappa shape index (κ3) is 4.05. The maximum Gasteiger partial charge on any atom is 0.246 e. The smallest absolute Gasteiger partial charge is 0.246 e. The van der Waals surface area contributed by atoms with Crippen molar-refractivity contribution < 1.29 is 9.59 Å². The van der Waals surface area contributed by atoms with E-state index in [1.54, 1.807) is 35.8 Å². The molecule has 124 valence electrons. The van der Waals surface area contributed by atoms with E-state index < -0.39 is 0 Å². The lowest BCUT2D eigenvalue weighted by Gasteiger charge is -2.13. The standard InChI is InChI=1S/C17H18N4O2S/c1-12(22)20-15-4-2-13(10-19-15)3-5-16(23)21-8-6-14(11-21)17-18-7-9-24-17/h2-5,7,9-10,14H,6,8,11H2,1H3,(H,19,20,22)/b5-3+/t14-/m0/s1. The fourth-order valence-electron chi connectivity index (χ4n) is 2.63. The zero-order valence-electron chi connectivity index (χ0n) is 13.3. The number of aromatic nitrogens is 2. The van der Waals surface area contributed by atoms with E-state index in [1.165, 1.54) is 6.92 Å². The van der Waals surface area contributed by atoms with Crippen LogP contribution in [-0.4, -0.2) is 39.8 Å². The van der Waals surface area contributed by atoms with Crippen LogP contribution in [0.5, 0.6) is 0 Å². The number of carbonyl (C=O) groups is 2. The third-order valence-corrected chi connectivity index (χ3v) is 4.75. The summed E-state index contributed by atoms with van der Waals surface area (Å²) in [5.74, 6) is 0.683. The van der Waals surface area contributed by atoms with E-state index in [4.69, 9.17) is 0 Å². The Balaban J connectivity index is 1.56. The van der Waals surface area contributed by atoms with Crippen molar-refractivity contribution >= 4 is 35.0 Å². The Morgan fingerprint density at radius 3 is 2.92 bits per heavy atom. The van der Waals surface area contributed by atoms with Gasteiger partial charge < -0.3 is 10.2 Å². The van der Waals surface area contributed by atoms with Crippen LogP contribution >= 0.6 is 11.3 Å². The maximum absolute atomic E-state index is 12.3. The summed E-state index contributed by atoms with van der Waals surface area (Å²) in [7, 11) is 0. The van der Waals surface area contributed by atoms with Gasteiger partial charge in [0.2, 0.25) is 11.8 Å². The molecule has 2 aromatic rings. The lowest BCUT2D eigenvalue weighted by molar-refractivity contribution is -0.125. The highest BCUT2D eigenvalue weighted by Crippen LogP contribution is 2.28. The van der Waals surface area contributed by atoms with Crippen molar-refractivity contribution in [2.45, 2.75) is 19.3 Å². The van der Waals surface area contributed by atoms with Gasteiger partial charge in [-0.05, 0) is 30.2 Å². The number of pyridine rings is 1. The zero-order valence-corrected chi connectivity index (χ0v) is 14.1. The molecule has 0 unspecified atom stereocenters. The third-order valence-electron chi connectivity index (χ3n) is 3.81. The number of hydrogen-bond donors (Lipinski definition) is 1. The summed E-state index contributed by atoms with van der Waals surface area (Å²) in [6.07, 6.45) is 7.70. The van der Waals surface area contributed by atoms with E-state index in [-0.39, 0.29) is 11.8 Å². The monoisotopic (exact) mass is 342 g/mol. The highest BCUT2D eigenvalue weighted by Gasteiger charge is 2.27. The first kappa shape index (κ1) is 16.3. The Hall–Kier alpha value is -2.54. The van der Waals surface area contributed by atoms with Crippen molar-refractivity contribution in [3.05, 3.63) is 46.6 Å². The number of amides is 2. The van der Waals surface area contributed by atoms with Gasteiger partial charge in [-0.3, -0.25) is 9.59 Å². The zero-order chi connectivity index (χ0) is 16.9. The van der Waals surface area contributed by atoms with E-state index in [0.717, 1.165) is 30.1 Å². The molecule has 0 spiro atoms. The molecule has 0 saturated carbocycles. The SMILES string of the molecule is CC(=O)Nc1ccc(/C=C/C(=O)N2CC[C@H](c3nccs3)C2)cn1. The molecule has 2 aromatic heterocycles. The first-order valence-corrected chi connectivity index (χ1v) is 8.60. The molecule has 1 fully saturated rings. The van der Waals surface area contributed by atoms with Gasteiger partial charge in [0.1, 0.15) is 5.82 Å². The summed E-state index contributed by atoms with van der Waals surface area (Å²) in [6, 6.07) is 3.52. The Morgan fingerprint density at radius 1 is 1.38 bits per heavy atom. The number of rotatable bonds is 4. The molecule has 1 N–H and O–H groups in total. The second-order valence-corrected chi connectivity index (χ2v) is 6.56. The largest absolute Gasteiger partial charge is 0.338 e. The minimum absolute atomic E-state index is 0.00000591. The predicted molar refractivity (Wildman–Crippen MR) is 93.6 cm³/mol. The highest BCUT2D eigenvalue weighted by atomic mass is 32.1. The molecule has 24 heavy (non-hydrogen) atoms. The number of carbonyl (C=O) groups excluding carboxylic acids is 2. The minimum Gasteiger partial charge on any atom is -0.338 e. The summed E-state index contributed by atoms with van der Waals surface area (Å²) in [6.45, 7) is 2.91. The fraction of sp³-hybridized carbons (Fsp3) is 0.294. The van der Waals surface area contributed by atoms with Crippen molar-refractivity contribution in [1.82, 2.24) is 14.9 Å². The van der Waals surface area contributed by atoms with Gasteiger partial charge in [-0.15, -0.1) is 11.3 Å². The number of thiazole rings is 1. The van der Waals surface area contributed by atoms with Crippen LogP contribution in [0.3, 0.4) is 0 Å². The van der Waals surface area contributed by atoms with Crippen LogP contribution in [0.25, 0.3) is 6.08 Å². The van der Waals surface area contributed by atoms with Crippen LogP contribution in [0, 0.1) is 0 Å². The minimum atomic E-state index is -0.162. The lowest BCUT2D eigenvalue weighted by atomic mass is 10.1. The summed E-state index contributed by atoms with van der Waals surface area (Å²) in [4.78, 5) is 33.6. The van der Waals surface area contributed by atoms with E-state index in [0.29, 0.717) is 11.7 Å². The van der Waals surface area contributed by atoms with Gasteiger partial charge in [-0.1, -0.05) is 0 Å². The van der Waals surface area contributed by atoms with Gasteiger partial charge in [0.05, 0.1) is 5.01 Å². The lowest BCUT2D eigenvalue weighted by Crippen LogP contribution is -2.26. The Kier molecular flexibility index (Phi) is 5.00. The number of nitrogens with one attached hydrogen (secondary N) is 1. The van der Waals surface area contributed by atoms with Crippen LogP contribution in [0.2, 0.25) is 0 Å². The molecular weight excluding hydrogens is 324 g/mol. The van der Waals surface area contributed by atoms with Crippen LogP contribution in [0.15, 0.2) is 36.0 Å². The number of hydrogen-bond acceptors (Lipinski definition) is 5. The highest BCUT2D eigenvalue weighted by molar-refractivity contribution is 7.09. The van der Waals surface area contributed by atoms with Crippen molar-refractivity contribution in [3.8, 4) is 0 Å².